The van der Waals surface area contributed by atoms with E-state index in [1.165, 1.54) is 6.92 Å². The first-order valence-corrected chi connectivity index (χ1v) is 6.80. The van der Waals surface area contributed by atoms with E-state index in [-0.39, 0.29) is 5.54 Å². The van der Waals surface area contributed by atoms with Crippen molar-refractivity contribution < 1.29 is 22.7 Å². The molecular weight excluding hydrogens is 273 g/mol. The average molecular weight is 296 g/mol. The molecule has 0 heterocycles. The van der Waals surface area contributed by atoms with Crippen LogP contribution in [0.2, 0.25) is 0 Å². The van der Waals surface area contributed by atoms with Gasteiger partial charge >= 0.3 is 6.18 Å². The van der Waals surface area contributed by atoms with E-state index in [1.54, 1.807) is 0 Å². The minimum absolute atomic E-state index is 0.0839. The molecule has 0 bridgehead atoms. The summed E-state index contributed by atoms with van der Waals surface area (Å²) in [6.07, 6.45) is -1.33. The van der Waals surface area contributed by atoms with Crippen molar-refractivity contribution in [3.05, 3.63) is 0 Å². The smallest absolute Gasteiger partial charge is 0.359 e. The van der Waals surface area contributed by atoms with Gasteiger partial charge in [-0.1, -0.05) is 12.8 Å². The molecule has 0 spiro atoms. The van der Waals surface area contributed by atoms with Crippen molar-refractivity contribution in [2.45, 2.75) is 50.4 Å². The predicted molar refractivity (Wildman–Crippen MR) is 69.4 cm³/mol. The van der Waals surface area contributed by atoms with Crippen molar-refractivity contribution in [1.29, 1.82) is 0 Å². The number of halogens is 3. The Kier molecular flexibility index (Phi) is 5.82. The molecular formula is C13H23F3N2O2. The van der Waals surface area contributed by atoms with E-state index in [0.29, 0.717) is 6.54 Å². The lowest BCUT2D eigenvalue weighted by atomic mass is 9.96. The molecule has 0 radical (unpaired) electrons. The second-order valence-electron chi connectivity index (χ2n) is 5.61. The summed E-state index contributed by atoms with van der Waals surface area (Å²) in [7, 11) is 3.92. The average Bonchev–Trinajstić information content (AvgIpc) is 2.82. The molecule has 0 aliphatic heterocycles. The Balaban J connectivity index is 2.42. The van der Waals surface area contributed by atoms with Gasteiger partial charge in [0.15, 0.2) is 0 Å². The molecule has 0 aromatic carbocycles. The number of ether oxygens (including phenoxy) is 1. The lowest BCUT2D eigenvalue weighted by Gasteiger charge is -2.36. The number of hydrogen-bond acceptors (Lipinski definition) is 3. The number of hydrogen-bond donors (Lipinski definition) is 1. The molecule has 1 saturated carbocycles. The Hall–Kier alpha value is -0.820. The summed E-state index contributed by atoms with van der Waals surface area (Å²) in [5, 5.41) is 2.71. The number of carbonyl (C=O) groups excluding carboxylic acids is 1. The summed E-state index contributed by atoms with van der Waals surface area (Å²) in [6.45, 7) is 0.372. The van der Waals surface area contributed by atoms with Gasteiger partial charge in [0.25, 0.3) is 0 Å². The van der Waals surface area contributed by atoms with Crippen LogP contribution in [-0.4, -0.2) is 55.9 Å². The van der Waals surface area contributed by atoms with Crippen molar-refractivity contribution in [2.75, 3.05) is 27.2 Å². The van der Waals surface area contributed by atoms with Crippen LogP contribution < -0.4 is 5.32 Å². The van der Waals surface area contributed by atoms with Crippen molar-refractivity contribution in [3.63, 3.8) is 0 Å². The number of carbonyl (C=O) groups is 1. The van der Waals surface area contributed by atoms with Gasteiger partial charge < -0.3 is 15.0 Å². The van der Waals surface area contributed by atoms with Gasteiger partial charge in [0, 0.05) is 12.1 Å². The number of likely N-dealkylation sites (N-methyl/N-ethyl adjacent to an activating group) is 1. The van der Waals surface area contributed by atoms with Crippen LogP contribution in [0.5, 0.6) is 0 Å². The van der Waals surface area contributed by atoms with Crippen LogP contribution >= 0.6 is 0 Å². The summed E-state index contributed by atoms with van der Waals surface area (Å²) in [4.78, 5) is 13.8. The highest BCUT2D eigenvalue weighted by molar-refractivity contribution is 5.80. The lowest BCUT2D eigenvalue weighted by Crippen LogP contribution is -2.52. The Morgan fingerprint density at radius 2 is 1.90 bits per heavy atom. The fourth-order valence-electron chi connectivity index (χ4n) is 2.51. The molecule has 4 nitrogen and oxygen atoms in total. The highest BCUT2D eigenvalue weighted by Gasteiger charge is 2.36. The molecule has 1 atom stereocenters. The Morgan fingerprint density at radius 3 is 2.35 bits per heavy atom. The highest BCUT2D eigenvalue weighted by atomic mass is 19.4. The van der Waals surface area contributed by atoms with Crippen LogP contribution in [0.4, 0.5) is 13.2 Å². The van der Waals surface area contributed by atoms with Crippen molar-refractivity contribution in [1.82, 2.24) is 10.2 Å². The minimum Gasteiger partial charge on any atom is -0.359 e. The summed E-state index contributed by atoms with van der Waals surface area (Å²) in [6, 6.07) is 0. The van der Waals surface area contributed by atoms with Crippen molar-refractivity contribution >= 4 is 5.91 Å². The van der Waals surface area contributed by atoms with Crippen LogP contribution in [0.15, 0.2) is 0 Å². The molecule has 0 saturated heterocycles. The first kappa shape index (κ1) is 17.2. The lowest BCUT2D eigenvalue weighted by molar-refractivity contribution is -0.185. The van der Waals surface area contributed by atoms with E-state index >= 15 is 0 Å². The van der Waals surface area contributed by atoms with E-state index < -0.39 is 24.8 Å². The Labute approximate surface area is 117 Å². The van der Waals surface area contributed by atoms with E-state index in [1.807, 2.05) is 14.1 Å². The van der Waals surface area contributed by atoms with Gasteiger partial charge in [-0.3, -0.25) is 4.79 Å². The summed E-state index contributed by atoms with van der Waals surface area (Å²) >= 11 is 0. The molecule has 7 heteroatoms. The largest absolute Gasteiger partial charge is 0.411 e. The molecule has 1 amide bonds. The predicted octanol–water partition coefficient (Wildman–Crippen LogP) is 1.94. The number of nitrogens with zero attached hydrogens (tertiary/aromatic N) is 1. The van der Waals surface area contributed by atoms with E-state index in [9.17, 15) is 18.0 Å². The highest BCUT2D eigenvalue weighted by Crippen LogP contribution is 2.33. The number of nitrogens with one attached hydrogen (secondary N) is 1. The monoisotopic (exact) mass is 296 g/mol. The molecule has 0 aromatic rings. The third-order valence-corrected chi connectivity index (χ3v) is 3.94. The fraction of sp³-hybridized carbons (Fsp3) is 0.923. The molecule has 1 aliphatic carbocycles. The summed E-state index contributed by atoms with van der Waals surface area (Å²) in [5.41, 5.74) is -0.0839. The third-order valence-electron chi connectivity index (χ3n) is 3.94. The van der Waals surface area contributed by atoms with E-state index in [2.05, 4.69) is 15.0 Å². The zero-order valence-corrected chi connectivity index (χ0v) is 12.2. The van der Waals surface area contributed by atoms with Crippen molar-refractivity contribution in [3.8, 4) is 0 Å². The fourth-order valence-corrected chi connectivity index (χ4v) is 2.51. The number of alkyl halides is 3. The van der Waals surface area contributed by atoms with Gasteiger partial charge in [0.05, 0.1) is 0 Å². The van der Waals surface area contributed by atoms with Crippen LogP contribution in [-0.2, 0) is 9.53 Å². The standard InChI is InChI=1S/C13H23F3N2O2/c1-10(20-9-13(14,15)16)11(19)17-8-12(18(2)3)6-4-5-7-12/h10H,4-9H2,1-3H3,(H,17,19). The topological polar surface area (TPSA) is 41.6 Å². The SMILES string of the molecule is CC(OCC(F)(F)F)C(=O)NCC1(N(C)C)CCCC1. The molecule has 1 N–H and O–H groups in total. The Morgan fingerprint density at radius 1 is 1.35 bits per heavy atom. The second kappa shape index (κ2) is 6.76. The number of rotatable bonds is 6. The maximum absolute atomic E-state index is 12.0. The molecule has 1 unspecified atom stereocenters. The Bertz CT molecular complexity index is 326. The molecule has 1 aliphatic rings. The normalized spacial score (nSPS) is 20.1. The van der Waals surface area contributed by atoms with Crippen molar-refractivity contribution in [2.24, 2.45) is 0 Å². The van der Waals surface area contributed by atoms with Crippen LogP contribution in [0.1, 0.15) is 32.6 Å². The van der Waals surface area contributed by atoms with Crippen LogP contribution in [0.3, 0.4) is 0 Å². The zero-order chi connectivity index (χ0) is 15.4. The zero-order valence-electron chi connectivity index (χ0n) is 12.2. The maximum Gasteiger partial charge on any atom is 0.411 e. The van der Waals surface area contributed by atoms with Gasteiger partial charge in [-0.15, -0.1) is 0 Å². The minimum atomic E-state index is -4.41. The van der Waals surface area contributed by atoms with Gasteiger partial charge in [0.1, 0.15) is 12.7 Å². The quantitative estimate of drug-likeness (QED) is 0.814. The van der Waals surface area contributed by atoms with E-state index in [0.717, 1.165) is 25.7 Å². The van der Waals surface area contributed by atoms with Gasteiger partial charge in [-0.25, -0.2) is 0 Å². The first-order chi connectivity index (χ1) is 9.16. The van der Waals surface area contributed by atoms with Gasteiger partial charge in [-0.05, 0) is 33.9 Å². The maximum atomic E-state index is 12.0. The van der Waals surface area contributed by atoms with Crippen LogP contribution in [0, 0.1) is 0 Å². The summed E-state index contributed by atoms with van der Waals surface area (Å²) < 4.78 is 40.6. The number of amides is 1. The third kappa shape index (κ3) is 4.94. The van der Waals surface area contributed by atoms with Gasteiger partial charge in [0.2, 0.25) is 5.91 Å². The second-order valence-corrected chi connectivity index (χ2v) is 5.61. The molecule has 118 valence electrons. The molecule has 0 aromatic heterocycles. The molecule has 1 rings (SSSR count). The van der Waals surface area contributed by atoms with E-state index in [4.69, 9.17) is 0 Å². The van der Waals surface area contributed by atoms with Gasteiger partial charge in [-0.2, -0.15) is 13.2 Å². The molecule has 20 heavy (non-hydrogen) atoms. The van der Waals surface area contributed by atoms with Crippen LogP contribution in [0.25, 0.3) is 0 Å². The first-order valence-electron chi connectivity index (χ1n) is 6.80. The summed E-state index contributed by atoms with van der Waals surface area (Å²) in [5.74, 6) is -0.498. The molecule has 1 fully saturated rings.